The molecule has 2 aromatic carbocycles. The number of carbonyl (C=O) groups is 1. The van der Waals surface area contributed by atoms with E-state index in [9.17, 15) is 4.79 Å². The van der Waals surface area contributed by atoms with Crippen molar-refractivity contribution in [1.29, 1.82) is 0 Å². The Morgan fingerprint density at radius 1 is 1.18 bits per heavy atom. The average Bonchev–Trinajstić information content (AvgIpc) is 2.84. The number of nitrogens with one attached hydrogen (secondary N) is 2. The molecule has 0 spiro atoms. The number of nitrogens with zero attached hydrogens (tertiary/aromatic N) is 3. The summed E-state index contributed by atoms with van der Waals surface area (Å²) in [5, 5.41) is 5.31. The number of nitrogens with two attached hydrogens (primary N) is 1. The molecule has 0 unspecified atom stereocenters. The van der Waals surface area contributed by atoms with Crippen LogP contribution in [0.1, 0.15) is 12.6 Å². The third-order valence-electron chi connectivity index (χ3n) is 5.32. The lowest BCUT2D eigenvalue weighted by Gasteiger charge is -2.34. The van der Waals surface area contributed by atoms with Gasteiger partial charge in [-0.05, 0) is 55.5 Å². The molecule has 0 aliphatic carbocycles. The minimum atomic E-state index is -0.260. The van der Waals surface area contributed by atoms with E-state index in [1.54, 1.807) is 18.8 Å². The largest absolute Gasteiger partial charge is 0.399 e. The fourth-order valence-electron chi connectivity index (χ4n) is 3.52. The number of urea groups is 1. The summed E-state index contributed by atoms with van der Waals surface area (Å²) in [7, 11) is 1.58. The Bertz CT molecular complexity index is 1090. The van der Waals surface area contributed by atoms with Gasteiger partial charge in [-0.25, -0.2) is 14.8 Å². The van der Waals surface area contributed by atoms with Gasteiger partial charge in [0.2, 0.25) is 0 Å². The molecular weight excluding hydrogens is 436 g/mol. The first kappa shape index (κ1) is 22.9. The van der Waals surface area contributed by atoms with Gasteiger partial charge in [-0.15, -0.1) is 11.8 Å². The summed E-state index contributed by atoms with van der Waals surface area (Å²) in [6.07, 6.45) is 0. The Morgan fingerprint density at radius 2 is 1.94 bits per heavy atom. The summed E-state index contributed by atoms with van der Waals surface area (Å²) in [6.45, 7) is 4.29. The van der Waals surface area contributed by atoms with Crippen molar-refractivity contribution in [2.24, 2.45) is 0 Å². The molecule has 2 amide bonds. The summed E-state index contributed by atoms with van der Waals surface area (Å²) in [6, 6.07) is 17.4. The number of carbonyl (C=O) groups excluding carboxylic acids is 1. The second-order valence-electron chi connectivity index (χ2n) is 7.80. The first-order chi connectivity index (χ1) is 16.0. The number of hydrogen-bond acceptors (Lipinski definition) is 7. The smallest absolute Gasteiger partial charge is 0.318 e. The number of aromatic nitrogens is 2. The van der Waals surface area contributed by atoms with E-state index in [4.69, 9.17) is 20.4 Å². The molecule has 4 N–H and O–H groups in total. The van der Waals surface area contributed by atoms with Crippen molar-refractivity contribution < 1.29 is 9.53 Å². The molecular formula is C24H28N6O2S. The number of benzene rings is 2. The number of hydrogen-bond donors (Lipinski definition) is 3. The van der Waals surface area contributed by atoms with E-state index in [0.717, 1.165) is 34.2 Å². The monoisotopic (exact) mass is 464 g/mol. The zero-order valence-corrected chi connectivity index (χ0v) is 19.6. The standard InChI is InChI=1S/C24H28N6O2S/c1-16-14-32-12-11-30(16)22-13-20(15-33-21-9-5-18(25)6-10-21)27-23(29-22)17-3-7-19(8-4-17)28-24(31)26-2/h3-10,13,16H,11-12,14-15,25H2,1-2H3,(H2,26,28,31)/t16-/m0/s1. The van der Waals surface area contributed by atoms with Crippen LogP contribution in [-0.4, -0.2) is 48.8 Å². The predicted octanol–water partition coefficient (Wildman–Crippen LogP) is 3.99. The SMILES string of the molecule is CNC(=O)Nc1ccc(-c2nc(CSc3ccc(N)cc3)cc(N3CCOC[C@@H]3C)n2)cc1. The molecule has 8 nitrogen and oxygen atoms in total. The summed E-state index contributed by atoms with van der Waals surface area (Å²) < 4.78 is 5.61. The lowest BCUT2D eigenvalue weighted by molar-refractivity contribution is 0.0985. The lowest BCUT2D eigenvalue weighted by atomic mass is 10.2. The topological polar surface area (TPSA) is 105 Å². The van der Waals surface area contributed by atoms with Gasteiger partial charge in [-0.1, -0.05) is 0 Å². The van der Waals surface area contributed by atoms with Crippen LogP contribution in [0.5, 0.6) is 0 Å². The normalized spacial score (nSPS) is 15.8. The molecule has 1 fully saturated rings. The van der Waals surface area contributed by atoms with E-state index < -0.39 is 0 Å². The fraction of sp³-hybridized carbons (Fsp3) is 0.292. The first-order valence-electron chi connectivity index (χ1n) is 10.8. The van der Waals surface area contributed by atoms with Crippen LogP contribution in [-0.2, 0) is 10.5 Å². The van der Waals surface area contributed by atoms with Crippen LogP contribution in [0.15, 0.2) is 59.5 Å². The Morgan fingerprint density at radius 3 is 2.64 bits per heavy atom. The Balaban J connectivity index is 1.62. The molecule has 1 aromatic heterocycles. The van der Waals surface area contributed by atoms with E-state index in [2.05, 4.69) is 28.5 Å². The highest BCUT2D eigenvalue weighted by Gasteiger charge is 2.22. The second kappa shape index (κ2) is 10.5. The first-order valence-corrected chi connectivity index (χ1v) is 11.8. The van der Waals surface area contributed by atoms with Crippen LogP contribution >= 0.6 is 11.8 Å². The second-order valence-corrected chi connectivity index (χ2v) is 8.85. The van der Waals surface area contributed by atoms with Gasteiger partial charge < -0.3 is 26.0 Å². The Hall–Kier alpha value is -3.30. The number of rotatable bonds is 6. The van der Waals surface area contributed by atoms with Crippen LogP contribution in [0.3, 0.4) is 0 Å². The van der Waals surface area contributed by atoms with Gasteiger partial charge in [0, 0.05) is 47.2 Å². The van der Waals surface area contributed by atoms with Gasteiger partial charge in [0.25, 0.3) is 0 Å². The average molecular weight is 465 g/mol. The number of thioether (sulfide) groups is 1. The minimum Gasteiger partial charge on any atom is -0.399 e. The van der Waals surface area contributed by atoms with E-state index in [1.165, 1.54) is 0 Å². The lowest BCUT2D eigenvalue weighted by Crippen LogP contribution is -2.44. The van der Waals surface area contributed by atoms with Crippen LogP contribution in [0, 0.1) is 0 Å². The van der Waals surface area contributed by atoms with E-state index in [0.29, 0.717) is 30.5 Å². The highest BCUT2D eigenvalue weighted by molar-refractivity contribution is 7.98. The van der Waals surface area contributed by atoms with Crippen LogP contribution in [0.2, 0.25) is 0 Å². The summed E-state index contributed by atoms with van der Waals surface area (Å²) >= 11 is 1.71. The van der Waals surface area contributed by atoms with Gasteiger partial charge in [-0.2, -0.15) is 0 Å². The zero-order chi connectivity index (χ0) is 23.2. The zero-order valence-electron chi connectivity index (χ0n) is 18.7. The third-order valence-corrected chi connectivity index (χ3v) is 6.37. The van der Waals surface area contributed by atoms with Crippen LogP contribution in [0.4, 0.5) is 22.0 Å². The number of amides is 2. The highest BCUT2D eigenvalue weighted by Crippen LogP contribution is 2.28. The number of anilines is 3. The highest BCUT2D eigenvalue weighted by atomic mass is 32.2. The van der Waals surface area contributed by atoms with Gasteiger partial charge in [0.15, 0.2) is 5.82 Å². The molecule has 4 rings (SSSR count). The van der Waals surface area contributed by atoms with E-state index >= 15 is 0 Å². The van der Waals surface area contributed by atoms with Crippen molar-refractivity contribution in [3.8, 4) is 11.4 Å². The molecule has 33 heavy (non-hydrogen) atoms. The molecule has 3 aromatic rings. The van der Waals surface area contributed by atoms with Gasteiger partial charge >= 0.3 is 6.03 Å². The number of nitrogen functional groups attached to an aromatic ring is 1. The van der Waals surface area contributed by atoms with Crippen LogP contribution < -0.4 is 21.3 Å². The molecule has 0 radical (unpaired) electrons. The van der Waals surface area contributed by atoms with E-state index in [1.807, 2.05) is 48.5 Å². The predicted molar refractivity (Wildman–Crippen MR) is 134 cm³/mol. The molecule has 0 saturated carbocycles. The van der Waals surface area contributed by atoms with Crippen molar-refractivity contribution in [1.82, 2.24) is 15.3 Å². The van der Waals surface area contributed by atoms with E-state index in [-0.39, 0.29) is 12.1 Å². The molecule has 1 aliphatic heterocycles. The molecule has 1 aliphatic rings. The van der Waals surface area contributed by atoms with Gasteiger partial charge in [-0.3, -0.25) is 0 Å². The van der Waals surface area contributed by atoms with Crippen LogP contribution in [0.25, 0.3) is 11.4 Å². The van der Waals surface area contributed by atoms with Gasteiger partial charge in [0.1, 0.15) is 5.82 Å². The molecule has 9 heteroatoms. The summed E-state index contributed by atoms with van der Waals surface area (Å²) in [5.74, 6) is 2.27. The maximum Gasteiger partial charge on any atom is 0.318 e. The molecule has 2 heterocycles. The van der Waals surface area contributed by atoms with Crippen molar-refractivity contribution in [2.75, 3.05) is 42.8 Å². The summed E-state index contributed by atoms with van der Waals surface area (Å²) in [4.78, 5) is 24.7. The van der Waals surface area contributed by atoms with Crippen molar-refractivity contribution in [3.63, 3.8) is 0 Å². The quantitative estimate of drug-likeness (QED) is 0.374. The molecule has 1 saturated heterocycles. The minimum absolute atomic E-state index is 0.234. The number of ether oxygens (including phenoxy) is 1. The Kier molecular flexibility index (Phi) is 7.31. The molecule has 0 bridgehead atoms. The Labute approximate surface area is 197 Å². The third kappa shape index (κ3) is 5.94. The summed E-state index contributed by atoms with van der Waals surface area (Å²) in [5.41, 5.74) is 9.10. The van der Waals surface area contributed by atoms with Crippen molar-refractivity contribution in [3.05, 3.63) is 60.3 Å². The van der Waals surface area contributed by atoms with Gasteiger partial charge in [0.05, 0.1) is 24.9 Å². The fourth-order valence-corrected chi connectivity index (χ4v) is 4.31. The number of morpholine rings is 1. The molecule has 1 atom stereocenters. The molecule has 172 valence electrons. The van der Waals surface area contributed by atoms with Crippen molar-refractivity contribution in [2.45, 2.75) is 23.6 Å². The maximum atomic E-state index is 11.6. The maximum absolute atomic E-state index is 11.6. The van der Waals surface area contributed by atoms with Crippen molar-refractivity contribution >= 4 is 35.0 Å².